The first-order valence-electron chi connectivity index (χ1n) is 13.1. The van der Waals surface area contributed by atoms with Crippen molar-refractivity contribution in [3.63, 3.8) is 0 Å². The summed E-state index contributed by atoms with van der Waals surface area (Å²) in [4.78, 5) is 33.3. The Bertz CT molecular complexity index is 1750. The molecule has 1 aliphatic heterocycles. The molecule has 3 aromatic carbocycles. The summed E-state index contributed by atoms with van der Waals surface area (Å²) >= 11 is 1.82. The van der Waals surface area contributed by atoms with Crippen LogP contribution in [0.2, 0.25) is 0 Å². The highest BCUT2D eigenvalue weighted by Gasteiger charge is 2.28. The van der Waals surface area contributed by atoms with Crippen LogP contribution in [0.5, 0.6) is 0 Å². The number of nitrogens with zero attached hydrogens (tertiary/aromatic N) is 2. The lowest BCUT2D eigenvalue weighted by Crippen LogP contribution is -2.08. The fraction of sp³-hybridized carbons (Fsp3) is 0.125. The number of esters is 1. The molecule has 0 saturated heterocycles. The number of aryl methyl sites for hydroxylation is 1. The van der Waals surface area contributed by atoms with E-state index in [2.05, 4.69) is 22.1 Å². The Morgan fingerprint density at radius 3 is 2.51 bits per heavy atom. The molecule has 5 aromatic rings. The number of rotatable bonds is 7. The predicted octanol–water partition coefficient (Wildman–Crippen LogP) is 7.85. The Labute approximate surface area is 239 Å². The van der Waals surface area contributed by atoms with E-state index in [4.69, 9.17) is 4.74 Å². The SMILES string of the molecule is O=C(OCc1ccc([N+](=O)[O-])cc1)c1c(-c2ccc3c(c2)CCCS3)[nH]c(-c2cccc(F)c2)c1-c1ccncc1. The number of nitro groups is 1. The van der Waals surface area contributed by atoms with Crippen LogP contribution >= 0.6 is 11.8 Å². The van der Waals surface area contributed by atoms with Gasteiger partial charge in [-0.2, -0.15) is 0 Å². The zero-order chi connectivity index (χ0) is 28.3. The lowest BCUT2D eigenvalue weighted by Gasteiger charge is -2.16. The summed E-state index contributed by atoms with van der Waals surface area (Å²) in [5.41, 5.74) is 5.97. The smallest absolute Gasteiger partial charge is 0.341 e. The van der Waals surface area contributed by atoms with Gasteiger partial charge in [-0.1, -0.05) is 18.2 Å². The molecule has 9 heteroatoms. The molecule has 0 amide bonds. The van der Waals surface area contributed by atoms with Crippen molar-refractivity contribution >= 4 is 23.4 Å². The maximum Gasteiger partial charge on any atom is 0.341 e. The number of benzene rings is 3. The van der Waals surface area contributed by atoms with Gasteiger partial charge in [0.2, 0.25) is 0 Å². The highest BCUT2D eigenvalue weighted by molar-refractivity contribution is 7.99. The number of halogens is 1. The van der Waals surface area contributed by atoms with Crippen LogP contribution in [0.15, 0.2) is 96.2 Å². The molecular formula is C32H24FN3O4S. The second kappa shape index (κ2) is 11.4. The largest absolute Gasteiger partial charge is 0.457 e. The number of ether oxygens (including phenoxy) is 1. The fourth-order valence-corrected chi connectivity index (χ4v) is 6.06. The summed E-state index contributed by atoms with van der Waals surface area (Å²) in [5.74, 6) is 0.105. The van der Waals surface area contributed by atoms with E-state index in [0.717, 1.165) is 29.7 Å². The second-order valence-electron chi connectivity index (χ2n) is 9.65. The average Bonchev–Trinajstić information content (AvgIpc) is 3.41. The van der Waals surface area contributed by atoms with Gasteiger partial charge >= 0.3 is 5.97 Å². The first-order valence-corrected chi connectivity index (χ1v) is 14.1. The van der Waals surface area contributed by atoms with E-state index >= 15 is 0 Å². The molecular weight excluding hydrogens is 541 g/mol. The quantitative estimate of drug-likeness (QED) is 0.123. The average molecular weight is 566 g/mol. The van der Waals surface area contributed by atoms with Crippen LogP contribution < -0.4 is 0 Å². The number of nitrogens with one attached hydrogen (secondary N) is 1. The minimum absolute atomic E-state index is 0.0433. The number of pyridine rings is 1. The molecule has 1 aliphatic rings. The molecule has 3 heterocycles. The lowest BCUT2D eigenvalue weighted by atomic mass is 9.95. The molecule has 0 saturated carbocycles. The molecule has 41 heavy (non-hydrogen) atoms. The van der Waals surface area contributed by atoms with Gasteiger partial charge in [-0.3, -0.25) is 15.1 Å². The Morgan fingerprint density at radius 2 is 1.76 bits per heavy atom. The fourth-order valence-electron chi connectivity index (χ4n) is 5.04. The van der Waals surface area contributed by atoms with E-state index in [1.807, 2.05) is 17.8 Å². The van der Waals surface area contributed by atoms with Gasteiger partial charge < -0.3 is 9.72 Å². The van der Waals surface area contributed by atoms with Crippen LogP contribution in [-0.2, 0) is 17.8 Å². The van der Waals surface area contributed by atoms with E-state index in [1.165, 1.54) is 34.7 Å². The molecule has 1 N–H and O–H groups in total. The first kappa shape index (κ1) is 26.5. The molecule has 6 rings (SSSR count). The number of H-pyrrole nitrogens is 1. The Hall–Kier alpha value is -4.76. The van der Waals surface area contributed by atoms with Crippen molar-refractivity contribution in [2.45, 2.75) is 24.3 Å². The lowest BCUT2D eigenvalue weighted by molar-refractivity contribution is -0.384. The van der Waals surface area contributed by atoms with Gasteiger partial charge in [-0.15, -0.1) is 11.8 Å². The topological polar surface area (TPSA) is 98.1 Å². The van der Waals surface area contributed by atoms with Crippen LogP contribution in [0.3, 0.4) is 0 Å². The molecule has 0 spiro atoms. The Morgan fingerprint density at radius 1 is 0.976 bits per heavy atom. The molecule has 0 radical (unpaired) electrons. The number of hydrogen-bond donors (Lipinski definition) is 1. The van der Waals surface area contributed by atoms with E-state index in [1.54, 1.807) is 48.8 Å². The Kier molecular flexibility index (Phi) is 7.35. The second-order valence-corrected chi connectivity index (χ2v) is 10.8. The number of nitro benzene ring substituents is 1. The molecule has 0 atom stereocenters. The third-order valence-corrected chi connectivity index (χ3v) is 8.20. The van der Waals surface area contributed by atoms with Crippen molar-refractivity contribution in [3.05, 3.63) is 124 Å². The molecule has 0 bridgehead atoms. The van der Waals surface area contributed by atoms with Gasteiger partial charge in [0.15, 0.2) is 0 Å². The number of fused-ring (bicyclic) bond motifs is 1. The van der Waals surface area contributed by atoms with Crippen molar-refractivity contribution in [2.24, 2.45) is 0 Å². The number of hydrogen-bond acceptors (Lipinski definition) is 6. The standard InChI is InChI=1S/C32H24FN3O4S/c33-25-5-1-3-23(18-25)30-28(21-12-14-34-15-13-21)29(32(37)40-19-20-6-9-26(10-7-20)36(38)39)31(35-30)24-8-11-27-22(17-24)4-2-16-41-27/h1,3,5-15,17-18,35H,2,4,16,19H2. The van der Waals surface area contributed by atoms with Gasteiger partial charge in [0.05, 0.1) is 21.9 Å². The summed E-state index contributed by atoms with van der Waals surface area (Å²) in [7, 11) is 0. The molecule has 204 valence electrons. The summed E-state index contributed by atoms with van der Waals surface area (Å²) in [5, 5.41) is 11.0. The number of non-ortho nitro benzene ring substituents is 1. The maximum absolute atomic E-state index is 14.4. The zero-order valence-electron chi connectivity index (χ0n) is 21.8. The monoisotopic (exact) mass is 565 g/mol. The molecule has 0 aliphatic carbocycles. The third kappa shape index (κ3) is 5.49. The van der Waals surface area contributed by atoms with E-state index in [9.17, 15) is 19.3 Å². The third-order valence-electron chi connectivity index (χ3n) is 7.00. The van der Waals surface area contributed by atoms with E-state index < -0.39 is 16.7 Å². The van der Waals surface area contributed by atoms with Gasteiger partial charge in [0, 0.05) is 40.5 Å². The number of carbonyl (C=O) groups excluding carboxylic acids is 1. The summed E-state index contributed by atoms with van der Waals surface area (Å²) in [6.45, 7) is -0.0760. The Balaban J connectivity index is 1.49. The summed E-state index contributed by atoms with van der Waals surface area (Å²) in [6.07, 6.45) is 5.30. The highest BCUT2D eigenvalue weighted by atomic mass is 32.2. The predicted molar refractivity (Wildman–Crippen MR) is 156 cm³/mol. The van der Waals surface area contributed by atoms with E-state index in [0.29, 0.717) is 33.6 Å². The van der Waals surface area contributed by atoms with Crippen LogP contribution in [-0.4, -0.2) is 26.6 Å². The van der Waals surface area contributed by atoms with Gasteiger partial charge in [0.1, 0.15) is 12.4 Å². The van der Waals surface area contributed by atoms with Gasteiger partial charge in [0.25, 0.3) is 5.69 Å². The zero-order valence-corrected chi connectivity index (χ0v) is 22.6. The van der Waals surface area contributed by atoms with Crippen LogP contribution in [0.25, 0.3) is 33.6 Å². The minimum Gasteiger partial charge on any atom is -0.457 e. The van der Waals surface area contributed by atoms with Crippen molar-refractivity contribution in [2.75, 3.05) is 5.75 Å². The normalized spacial score (nSPS) is 12.5. The first-order chi connectivity index (χ1) is 20.0. The number of carbonyl (C=O) groups is 1. The van der Waals surface area contributed by atoms with Crippen LogP contribution in [0, 0.1) is 15.9 Å². The molecule has 0 fully saturated rings. The van der Waals surface area contributed by atoms with Crippen LogP contribution in [0.4, 0.5) is 10.1 Å². The maximum atomic E-state index is 14.4. The van der Waals surface area contributed by atoms with Crippen LogP contribution in [0.1, 0.15) is 27.9 Å². The number of aromatic amines is 1. The van der Waals surface area contributed by atoms with Crippen molar-refractivity contribution in [1.29, 1.82) is 0 Å². The molecule has 7 nitrogen and oxygen atoms in total. The summed E-state index contributed by atoms with van der Waals surface area (Å²) in [6, 6.07) is 21.9. The highest BCUT2D eigenvalue weighted by Crippen LogP contribution is 2.42. The number of thioether (sulfide) groups is 1. The number of aromatic nitrogens is 2. The van der Waals surface area contributed by atoms with Crippen molar-refractivity contribution in [1.82, 2.24) is 9.97 Å². The van der Waals surface area contributed by atoms with Crippen molar-refractivity contribution < 1.29 is 18.8 Å². The summed E-state index contributed by atoms with van der Waals surface area (Å²) < 4.78 is 20.2. The van der Waals surface area contributed by atoms with Crippen molar-refractivity contribution in [3.8, 4) is 33.6 Å². The van der Waals surface area contributed by atoms with Gasteiger partial charge in [-0.05, 0) is 89.4 Å². The minimum atomic E-state index is -0.573. The molecule has 0 unspecified atom stereocenters. The van der Waals surface area contributed by atoms with E-state index in [-0.39, 0.29) is 12.3 Å². The van der Waals surface area contributed by atoms with Gasteiger partial charge in [-0.25, -0.2) is 9.18 Å². The molecule has 2 aromatic heterocycles.